The summed E-state index contributed by atoms with van der Waals surface area (Å²) in [4.78, 5) is 38.6. The maximum Gasteiger partial charge on any atom is 0.252 e. The molecule has 4 aliphatic rings. The monoisotopic (exact) mass is 440 g/mol. The molecule has 1 aromatic heterocycles. The fourth-order valence-electron chi connectivity index (χ4n) is 4.88. The first-order valence-electron chi connectivity index (χ1n) is 12.4. The van der Waals surface area contributed by atoms with Gasteiger partial charge in [-0.1, -0.05) is 6.42 Å². The van der Waals surface area contributed by atoms with E-state index in [0.29, 0.717) is 18.0 Å². The van der Waals surface area contributed by atoms with Gasteiger partial charge in [0.1, 0.15) is 5.82 Å². The van der Waals surface area contributed by atoms with Gasteiger partial charge in [-0.3, -0.25) is 19.4 Å². The summed E-state index contributed by atoms with van der Waals surface area (Å²) in [5, 5.41) is 2.99. The van der Waals surface area contributed by atoms with Crippen LogP contribution in [0.5, 0.6) is 0 Å². The van der Waals surface area contributed by atoms with Gasteiger partial charge < -0.3 is 15.1 Å². The molecule has 0 atom stereocenters. The minimum Gasteiger partial charge on any atom is -0.354 e. The van der Waals surface area contributed by atoms with Crippen LogP contribution in [0.15, 0.2) is 18.3 Å². The van der Waals surface area contributed by atoms with Gasteiger partial charge in [0, 0.05) is 71.1 Å². The average Bonchev–Trinajstić information content (AvgIpc) is 3.62. The van der Waals surface area contributed by atoms with Crippen LogP contribution in [0.2, 0.25) is 0 Å². The van der Waals surface area contributed by atoms with E-state index in [1.165, 1.54) is 32.1 Å². The molecule has 0 radical (unpaired) electrons. The first-order valence-corrected chi connectivity index (χ1v) is 12.4. The molecule has 2 saturated heterocycles. The van der Waals surface area contributed by atoms with Crippen LogP contribution < -0.4 is 10.2 Å². The van der Waals surface area contributed by atoms with Crippen molar-refractivity contribution in [3.8, 4) is 0 Å². The third-order valence-electron chi connectivity index (χ3n) is 7.57. The topological polar surface area (TPSA) is 72.0 Å². The van der Waals surface area contributed by atoms with Crippen molar-refractivity contribution in [3.63, 3.8) is 0 Å². The Morgan fingerprint density at radius 1 is 0.938 bits per heavy atom. The minimum atomic E-state index is -0.0344. The summed E-state index contributed by atoms with van der Waals surface area (Å²) in [6.45, 7) is 8.53. The molecule has 5 rings (SSSR count). The van der Waals surface area contributed by atoms with E-state index in [-0.39, 0.29) is 11.8 Å². The lowest BCUT2D eigenvalue weighted by molar-refractivity contribution is -0.134. The van der Waals surface area contributed by atoms with Crippen LogP contribution >= 0.6 is 0 Å². The van der Waals surface area contributed by atoms with E-state index in [0.717, 1.165) is 70.8 Å². The molecule has 2 aliphatic heterocycles. The molecule has 2 amide bonds. The normalized spacial score (nSPS) is 23.1. The molecule has 2 aliphatic carbocycles. The zero-order chi connectivity index (χ0) is 21.9. The van der Waals surface area contributed by atoms with E-state index in [1.54, 1.807) is 6.20 Å². The molecule has 3 heterocycles. The lowest BCUT2D eigenvalue weighted by atomic mass is 9.91. The Morgan fingerprint density at radius 3 is 2.28 bits per heavy atom. The summed E-state index contributed by atoms with van der Waals surface area (Å²) < 4.78 is 0. The predicted molar refractivity (Wildman–Crippen MR) is 124 cm³/mol. The molecule has 1 N–H and O–H groups in total. The van der Waals surface area contributed by atoms with Crippen LogP contribution in [0.4, 0.5) is 5.82 Å². The third kappa shape index (κ3) is 5.23. The first kappa shape index (κ1) is 21.6. The van der Waals surface area contributed by atoms with Gasteiger partial charge >= 0.3 is 0 Å². The quantitative estimate of drug-likeness (QED) is 0.683. The van der Waals surface area contributed by atoms with Gasteiger partial charge in [-0.05, 0) is 43.7 Å². The van der Waals surface area contributed by atoms with Crippen LogP contribution in [-0.2, 0) is 4.79 Å². The molecular weight excluding hydrogens is 404 g/mol. The Bertz CT molecular complexity index is 791. The number of hydrogen-bond donors (Lipinski definition) is 1. The van der Waals surface area contributed by atoms with Crippen molar-refractivity contribution in [2.45, 2.75) is 38.1 Å². The minimum absolute atomic E-state index is 0.0344. The SMILES string of the molecule is O=C(NCC1CC1)c1ccc(N2CCN(CC(=O)N3CCN(C4CCC4)CC3)CC2)nc1. The molecular formula is C24H36N6O2. The van der Waals surface area contributed by atoms with E-state index >= 15 is 0 Å². The molecule has 0 unspecified atom stereocenters. The lowest BCUT2D eigenvalue weighted by Gasteiger charge is -2.43. The number of nitrogens with zero attached hydrogens (tertiary/aromatic N) is 5. The molecule has 2 saturated carbocycles. The van der Waals surface area contributed by atoms with Gasteiger partial charge in [-0.15, -0.1) is 0 Å². The van der Waals surface area contributed by atoms with Gasteiger partial charge in [0.05, 0.1) is 12.1 Å². The fraction of sp³-hybridized carbons (Fsp3) is 0.708. The molecule has 0 aromatic carbocycles. The second-order valence-electron chi connectivity index (χ2n) is 9.82. The molecule has 0 spiro atoms. The van der Waals surface area contributed by atoms with E-state index in [2.05, 4.69) is 29.9 Å². The highest BCUT2D eigenvalue weighted by molar-refractivity contribution is 5.94. The molecule has 8 heteroatoms. The van der Waals surface area contributed by atoms with Crippen LogP contribution in [0.1, 0.15) is 42.5 Å². The zero-order valence-electron chi connectivity index (χ0n) is 19.0. The Labute approximate surface area is 190 Å². The van der Waals surface area contributed by atoms with Gasteiger partial charge in [0.2, 0.25) is 5.91 Å². The number of hydrogen-bond acceptors (Lipinski definition) is 6. The zero-order valence-corrected chi connectivity index (χ0v) is 19.0. The van der Waals surface area contributed by atoms with E-state index in [9.17, 15) is 9.59 Å². The van der Waals surface area contributed by atoms with Crippen molar-refractivity contribution in [2.24, 2.45) is 5.92 Å². The highest BCUT2D eigenvalue weighted by Crippen LogP contribution is 2.27. The number of nitrogens with one attached hydrogen (secondary N) is 1. The fourth-order valence-corrected chi connectivity index (χ4v) is 4.88. The second-order valence-corrected chi connectivity index (χ2v) is 9.82. The third-order valence-corrected chi connectivity index (χ3v) is 7.57. The van der Waals surface area contributed by atoms with Gasteiger partial charge in [0.25, 0.3) is 5.91 Å². The summed E-state index contributed by atoms with van der Waals surface area (Å²) in [5.74, 6) is 1.81. The molecule has 8 nitrogen and oxygen atoms in total. The molecule has 4 fully saturated rings. The smallest absolute Gasteiger partial charge is 0.252 e. The largest absolute Gasteiger partial charge is 0.354 e. The number of carbonyl (C=O) groups is 2. The highest BCUT2D eigenvalue weighted by Gasteiger charge is 2.30. The van der Waals surface area contributed by atoms with Gasteiger partial charge in [-0.2, -0.15) is 0 Å². The Balaban J connectivity index is 1.03. The first-order chi connectivity index (χ1) is 15.7. The summed E-state index contributed by atoms with van der Waals surface area (Å²) in [7, 11) is 0. The van der Waals surface area contributed by atoms with Crippen molar-refractivity contribution in [3.05, 3.63) is 23.9 Å². The predicted octanol–water partition coefficient (Wildman–Crippen LogP) is 1.04. The van der Waals surface area contributed by atoms with Crippen LogP contribution in [0, 0.1) is 5.92 Å². The van der Waals surface area contributed by atoms with Gasteiger partial charge in [0.15, 0.2) is 0 Å². The number of amides is 2. The number of piperazine rings is 2. The van der Waals surface area contributed by atoms with Crippen LogP contribution in [0.3, 0.4) is 0 Å². The summed E-state index contributed by atoms with van der Waals surface area (Å²) >= 11 is 0. The van der Waals surface area contributed by atoms with Crippen molar-refractivity contribution >= 4 is 17.6 Å². The molecule has 32 heavy (non-hydrogen) atoms. The van der Waals surface area contributed by atoms with E-state index < -0.39 is 0 Å². The summed E-state index contributed by atoms with van der Waals surface area (Å²) in [6.07, 6.45) is 8.17. The van der Waals surface area contributed by atoms with Crippen molar-refractivity contribution in [2.75, 3.05) is 70.3 Å². The van der Waals surface area contributed by atoms with Crippen LogP contribution in [0.25, 0.3) is 0 Å². The summed E-state index contributed by atoms with van der Waals surface area (Å²) in [5.41, 5.74) is 0.621. The molecule has 1 aromatic rings. The number of carbonyl (C=O) groups excluding carboxylic acids is 2. The number of pyridine rings is 1. The summed E-state index contributed by atoms with van der Waals surface area (Å²) in [6, 6.07) is 4.58. The van der Waals surface area contributed by atoms with E-state index in [4.69, 9.17) is 0 Å². The van der Waals surface area contributed by atoms with Crippen molar-refractivity contribution in [1.82, 2.24) is 25.0 Å². The number of anilines is 1. The Morgan fingerprint density at radius 2 is 1.69 bits per heavy atom. The lowest BCUT2D eigenvalue weighted by Crippen LogP contribution is -2.56. The standard InChI is InChI=1S/C24H36N6O2/c31-23(30-14-12-28(13-15-30)21-2-1-3-21)18-27-8-10-29(11-9-27)22-7-6-20(17-25-22)24(32)26-16-19-4-5-19/h6-7,17,19,21H,1-5,8-16,18H2,(H,26,32). The second kappa shape index (κ2) is 9.75. The highest BCUT2D eigenvalue weighted by atomic mass is 16.2. The molecule has 0 bridgehead atoms. The number of aromatic nitrogens is 1. The maximum absolute atomic E-state index is 12.8. The van der Waals surface area contributed by atoms with Crippen molar-refractivity contribution < 1.29 is 9.59 Å². The van der Waals surface area contributed by atoms with Gasteiger partial charge in [-0.25, -0.2) is 4.98 Å². The maximum atomic E-state index is 12.8. The number of rotatable bonds is 7. The van der Waals surface area contributed by atoms with Crippen molar-refractivity contribution in [1.29, 1.82) is 0 Å². The molecule has 174 valence electrons. The Hall–Kier alpha value is -2.19. The van der Waals surface area contributed by atoms with E-state index in [1.807, 2.05) is 12.1 Å². The van der Waals surface area contributed by atoms with Crippen LogP contribution in [-0.4, -0.2) is 103 Å². The Kier molecular flexibility index (Phi) is 6.59. The average molecular weight is 441 g/mol.